The van der Waals surface area contributed by atoms with Crippen molar-refractivity contribution in [2.45, 2.75) is 44.4 Å². The number of rotatable bonds is 6. The van der Waals surface area contributed by atoms with Gasteiger partial charge in [-0.15, -0.1) is 0 Å². The average molecular weight is 274 g/mol. The van der Waals surface area contributed by atoms with Crippen LogP contribution in [0.2, 0.25) is 0 Å². The van der Waals surface area contributed by atoms with Gasteiger partial charge in [0.1, 0.15) is 5.76 Å². The molecule has 1 aliphatic carbocycles. The molecule has 5 heteroatoms. The molecule has 5 nitrogen and oxygen atoms in total. The summed E-state index contributed by atoms with van der Waals surface area (Å²) in [6, 6.07) is 4.80. The van der Waals surface area contributed by atoms with Crippen molar-refractivity contribution >= 4 is 0 Å². The summed E-state index contributed by atoms with van der Waals surface area (Å²) in [5.41, 5.74) is 7.45. The molecule has 0 aliphatic heterocycles. The highest BCUT2D eigenvalue weighted by Crippen LogP contribution is 2.37. The Bertz CT molecular complexity index is 542. The van der Waals surface area contributed by atoms with E-state index in [-0.39, 0.29) is 12.1 Å². The summed E-state index contributed by atoms with van der Waals surface area (Å²) in [4.78, 5) is 2.46. The van der Waals surface area contributed by atoms with Gasteiger partial charge in [-0.25, -0.2) is 0 Å². The van der Waals surface area contributed by atoms with Gasteiger partial charge in [-0.3, -0.25) is 9.58 Å². The molecular formula is C15H22N4O. The number of nitrogens with zero attached hydrogens (tertiary/aromatic N) is 3. The third-order valence-corrected chi connectivity index (χ3v) is 3.86. The first-order valence-electron chi connectivity index (χ1n) is 7.17. The molecule has 2 N–H and O–H groups in total. The first-order chi connectivity index (χ1) is 9.65. The van der Waals surface area contributed by atoms with Gasteiger partial charge in [0.05, 0.1) is 25.0 Å². The molecule has 1 aliphatic rings. The first-order valence-corrected chi connectivity index (χ1v) is 7.17. The van der Waals surface area contributed by atoms with Crippen LogP contribution in [0, 0.1) is 0 Å². The number of hydrogen-bond acceptors (Lipinski definition) is 4. The van der Waals surface area contributed by atoms with Crippen molar-refractivity contribution in [3.8, 4) is 0 Å². The molecule has 20 heavy (non-hydrogen) atoms. The molecule has 3 rings (SSSR count). The van der Waals surface area contributed by atoms with E-state index in [4.69, 9.17) is 10.2 Å². The van der Waals surface area contributed by atoms with Crippen LogP contribution in [-0.2, 0) is 13.6 Å². The Kier molecular flexibility index (Phi) is 3.63. The maximum Gasteiger partial charge on any atom is 0.117 e. The summed E-state index contributed by atoms with van der Waals surface area (Å²) in [5, 5.41) is 4.29. The molecule has 2 atom stereocenters. The summed E-state index contributed by atoms with van der Waals surface area (Å²) in [7, 11) is 1.94. The van der Waals surface area contributed by atoms with Crippen LogP contribution in [0.4, 0.5) is 0 Å². The van der Waals surface area contributed by atoms with Crippen molar-refractivity contribution in [2.75, 3.05) is 0 Å². The zero-order valence-corrected chi connectivity index (χ0v) is 12.1. The summed E-state index contributed by atoms with van der Waals surface area (Å²) >= 11 is 0. The summed E-state index contributed by atoms with van der Waals surface area (Å²) in [6.07, 6.45) is 8.19. The van der Waals surface area contributed by atoms with Crippen molar-refractivity contribution in [1.29, 1.82) is 0 Å². The number of aromatic nitrogens is 2. The standard InChI is InChI=1S/C15H22N4O/c1-11(16)15(12-8-17-18(2)9-12)19(13-5-6-13)10-14-4-3-7-20-14/h3-4,7-9,11,13,15H,5-6,10,16H2,1-2H3. The SMILES string of the molecule is CC(N)C(c1cnn(C)c1)N(Cc1ccco1)C1CC1. The molecule has 2 aromatic rings. The predicted molar refractivity (Wildman–Crippen MR) is 76.9 cm³/mol. The molecule has 1 fully saturated rings. The number of nitrogens with two attached hydrogens (primary N) is 1. The second kappa shape index (κ2) is 5.42. The second-order valence-corrected chi connectivity index (χ2v) is 5.73. The number of hydrogen-bond donors (Lipinski definition) is 1. The van der Waals surface area contributed by atoms with Gasteiger partial charge in [0.2, 0.25) is 0 Å². The van der Waals surface area contributed by atoms with Crippen molar-refractivity contribution in [1.82, 2.24) is 14.7 Å². The Morgan fingerprint density at radius 1 is 1.55 bits per heavy atom. The van der Waals surface area contributed by atoms with Crippen molar-refractivity contribution in [3.05, 3.63) is 42.1 Å². The van der Waals surface area contributed by atoms with E-state index in [1.54, 1.807) is 6.26 Å². The summed E-state index contributed by atoms with van der Waals surface area (Å²) in [5.74, 6) is 0.992. The van der Waals surface area contributed by atoms with E-state index in [0.29, 0.717) is 6.04 Å². The van der Waals surface area contributed by atoms with Gasteiger partial charge in [-0.2, -0.15) is 5.10 Å². The summed E-state index contributed by atoms with van der Waals surface area (Å²) in [6.45, 7) is 2.87. The maximum atomic E-state index is 6.26. The third kappa shape index (κ3) is 2.78. The van der Waals surface area contributed by atoms with Crippen LogP contribution in [0.25, 0.3) is 0 Å². The number of furan rings is 1. The summed E-state index contributed by atoms with van der Waals surface area (Å²) < 4.78 is 7.35. The largest absolute Gasteiger partial charge is 0.468 e. The van der Waals surface area contributed by atoms with Crippen molar-refractivity contribution in [2.24, 2.45) is 12.8 Å². The van der Waals surface area contributed by atoms with Crippen molar-refractivity contribution in [3.63, 3.8) is 0 Å². The van der Waals surface area contributed by atoms with Gasteiger partial charge < -0.3 is 10.2 Å². The van der Waals surface area contributed by atoms with Gasteiger partial charge >= 0.3 is 0 Å². The van der Waals surface area contributed by atoms with E-state index in [2.05, 4.69) is 23.1 Å². The molecule has 0 saturated heterocycles. The maximum absolute atomic E-state index is 6.26. The van der Waals surface area contributed by atoms with Gasteiger partial charge in [0.15, 0.2) is 0 Å². The zero-order valence-electron chi connectivity index (χ0n) is 12.1. The molecule has 0 bridgehead atoms. The normalized spacial score (nSPS) is 18.4. The average Bonchev–Trinajstić information content (AvgIpc) is 2.96. The van der Waals surface area contributed by atoms with Crippen LogP contribution in [0.3, 0.4) is 0 Å². The Morgan fingerprint density at radius 2 is 2.35 bits per heavy atom. The lowest BCUT2D eigenvalue weighted by molar-refractivity contribution is 0.145. The zero-order chi connectivity index (χ0) is 14.1. The molecule has 108 valence electrons. The Hall–Kier alpha value is -1.59. The van der Waals surface area contributed by atoms with E-state index in [9.17, 15) is 0 Å². The predicted octanol–water partition coefficient (Wildman–Crippen LogP) is 2.07. The smallest absolute Gasteiger partial charge is 0.117 e. The highest BCUT2D eigenvalue weighted by Gasteiger charge is 2.37. The highest BCUT2D eigenvalue weighted by atomic mass is 16.3. The Labute approximate surface area is 119 Å². The van der Waals surface area contributed by atoms with E-state index in [0.717, 1.165) is 12.3 Å². The molecule has 1 saturated carbocycles. The van der Waals surface area contributed by atoms with Gasteiger partial charge in [-0.1, -0.05) is 0 Å². The van der Waals surface area contributed by atoms with E-state index in [1.165, 1.54) is 18.4 Å². The molecule has 2 aromatic heterocycles. The van der Waals surface area contributed by atoms with Gasteiger partial charge in [0.25, 0.3) is 0 Å². The minimum absolute atomic E-state index is 0.0507. The Balaban J connectivity index is 1.86. The second-order valence-electron chi connectivity index (χ2n) is 5.73. The van der Waals surface area contributed by atoms with Gasteiger partial charge in [0, 0.05) is 30.9 Å². The van der Waals surface area contributed by atoms with Crippen LogP contribution in [0.15, 0.2) is 35.2 Å². The molecule has 0 aromatic carbocycles. The number of aryl methyl sites for hydroxylation is 1. The lowest BCUT2D eigenvalue weighted by atomic mass is 10.0. The highest BCUT2D eigenvalue weighted by molar-refractivity contribution is 5.15. The van der Waals surface area contributed by atoms with Crippen LogP contribution >= 0.6 is 0 Å². The molecule has 0 spiro atoms. The monoisotopic (exact) mass is 274 g/mol. The van der Waals surface area contributed by atoms with Crippen LogP contribution < -0.4 is 5.73 Å². The molecule has 0 radical (unpaired) electrons. The molecule has 2 heterocycles. The van der Waals surface area contributed by atoms with E-state index in [1.807, 2.05) is 30.1 Å². The van der Waals surface area contributed by atoms with E-state index >= 15 is 0 Å². The van der Waals surface area contributed by atoms with Gasteiger partial charge in [-0.05, 0) is 31.9 Å². The first kappa shape index (κ1) is 13.4. The van der Waals surface area contributed by atoms with Crippen LogP contribution in [0.1, 0.15) is 37.1 Å². The fourth-order valence-electron chi connectivity index (χ4n) is 2.83. The quantitative estimate of drug-likeness (QED) is 0.876. The minimum Gasteiger partial charge on any atom is -0.468 e. The molecule has 0 amide bonds. The fraction of sp³-hybridized carbons (Fsp3) is 0.533. The molecule has 2 unspecified atom stereocenters. The van der Waals surface area contributed by atoms with Crippen LogP contribution in [-0.4, -0.2) is 26.8 Å². The lowest BCUT2D eigenvalue weighted by Crippen LogP contribution is -2.40. The lowest BCUT2D eigenvalue weighted by Gasteiger charge is -2.33. The van der Waals surface area contributed by atoms with E-state index < -0.39 is 0 Å². The topological polar surface area (TPSA) is 60.2 Å². The molecular weight excluding hydrogens is 252 g/mol. The van der Waals surface area contributed by atoms with Crippen LogP contribution in [0.5, 0.6) is 0 Å². The Morgan fingerprint density at radius 3 is 2.85 bits per heavy atom. The minimum atomic E-state index is 0.0507. The van der Waals surface area contributed by atoms with Crippen molar-refractivity contribution < 1.29 is 4.42 Å². The fourth-order valence-corrected chi connectivity index (χ4v) is 2.83. The third-order valence-electron chi connectivity index (χ3n) is 3.86.